The highest BCUT2D eigenvalue weighted by molar-refractivity contribution is 5.39. The molecule has 96 valence electrons. The molecule has 1 heterocycles. The summed E-state index contributed by atoms with van der Waals surface area (Å²) >= 11 is 0. The molecule has 18 heavy (non-hydrogen) atoms. The Morgan fingerprint density at radius 3 is 2.72 bits per heavy atom. The number of nitrogens with zero attached hydrogens (tertiary/aromatic N) is 2. The van der Waals surface area contributed by atoms with E-state index < -0.39 is 11.7 Å². The minimum absolute atomic E-state index is 0.329. The Balaban J connectivity index is 2.06. The van der Waals surface area contributed by atoms with E-state index in [1.807, 2.05) is 0 Å². The maximum atomic E-state index is 12.5. The van der Waals surface area contributed by atoms with Crippen molar-refractivity contribution in [2.45, 2.75) is 12.7 Å². The van der Waals surface area contributed by atoms with Crippen molar-refractivity contribution in [3.63, 3.8) is 0 Å². The molecule has 0 radical (unpaired) electrons. The lowest BCUT2D eigenvalue weighted by atomic mass is 10.1. The van der Waals surface area contributed by atoms with Crippen molar-refractivity contribution in [3.05, 3.63) is 47.8 Å². The largest absolute Gasteiger partial charge is 0.416 e. The number of hydrogen-bond donors (Lipinski definition) is 1. The third kappa shape index (κ3) is 3.03. The zero-order valence-corrected chi connectivity index (χ0v) is 9.70. The van der Waals surface area contributed by atoms with E-state index in [1.165, 1.54) is 6.07 Å². The lowest BCUT2D eigenvalue weighted by Gasteiger charge is -2.09. The van der Waals surface area contributed by atoms with E-state index in [1.54, 1.807) is 30.2 Å². The summed E-state index contributed by atoms with van der Waals surface area (Å²) in [6.07, 6.45) is -0.925. The van der Waals surface area contributed by atoms with Crippen molar-refractivity contribution in [2.75, 3.05) is 5.32 Å². The quantitative estimate of drug-likeness (QED) is 0.913. The SMILES string of the molecule is Cn1cc(NCc2cccc(C(F)(F)F)c2)cn1. The van der Waals surface area contributed by atoms with Crippen LogP contribution in [0.15, 0.2) is 36.7 Å². The van der Waals surface area contributed by atoms with Crippen LogP contribution in [-0.2, 0) is 19.8 Å². The van der Waals surface area contributed by atoms with Crippen LogP contribution < -0.4 is 5.32 Å². The predicted octanol–water partition coefficient (Wildman–Crippen LogP) is 3.05. The number of hydrogen-bond acceptors (Lipinski definition) is 2. The van der Waals surface area contributed by atoms with Crippen LogP contribution in [0.1, 0.15) is 11.1 Å². The van der Waals surface area contributed by atoms with Crippen molar-refractivity contribution in [1.82, 2.24) is 9.78 Å². The first-order valence-corrected chi connectivity index (χ1v) is 5.34. The number of nitrogens with one attached hydrogen (secondary N) is 1. The number of aromatic nitrogens is 2. The van der Waals surface area contributed by atoms with Gasteiger partial charge in [-0.2, -0.15) is 18.3 Å². The van der Waals surface area contributed by atoms with E-state index in [9.17, 15) is 13.2 Å². The van der Waals surface area contributed by atoms with Crippen LogP contribution in [0.5, 0.6) is 0 Å². The molecular weight excluding hydrogens is 243 g/mol. The summed E-state index contributed by atoms with van der Waals surface area (Å²) in [6.45, 7) is 0.329. The summed E-state index contributed by atoms with van der Waals surface area (Å²) < 4.78 is 39.1. The molecule has 0 saturated carbocycles. The summed E-state index contributed by atoms with van der Waals surface area (Å²) in [4.78, 5) is 0. The fraction of sp³-hybridized carbons (Fsp3) is 0.250. The predicted molar refractivity (Wildman–Crippen MR) is 62.0 cm³/mol. The van der Waals surface area contributed by atoms with Crippen LogP contribution in [0, 0.1) is 0 Å². The Morgan fingerprint density at radius 2 is 2.11 bits per heavy atom. The molecule has 0 unspecified atom stereocenters. The Hall–Kier alpha value is -1.98. The van der Waals surface area contributed by atoms with Gasteiger partial charge in [-0.15, -0.1) is 0 Å². The molecule has 0 fully saturated rings. The van der Waals surface area contributed by atoms with Crippen LogP contribution in [0.25, 0.3) is 0 Å². The molecule has 1 N–H and O–H groups in total. The van der Waals surface area contributed by atoms with Crippen molar-refractivity contribution in [2.24, 2.45) is 7.05 Å². The van der Waals surface area contributed by atoms with Crippen molar-refractivity contribution >= 4 is 5.69 Å². The molecule has 0 amide bonds. The highest BCUT2D eigenvalue weighted by Crippen LogP contribution is 2.29. The van der Waals surface area contributed by atoms with Gasteiger partial charge in [0.2, 0.25) is 0 Å². The van der Waals surface area contributed by atoms with Crippen LogP contribution in [0.3, 0.4) is 0 Å². The van der Waals surface area contributed by atoms with Gasteiger partial charge in [-0.25, -0.2) is 0 Å². The maximum Gasteiger partial charge on any atom is 0.416 e. The summed E-state index contributed by atoms with van der Waals surface area (Å²) in [5.41, 5.74) is 0.719. The lowest BCUT2D eigenvalue weighted by molar-refractivity contribution is -0.137. The molecule has 2 aromatic rings. The minimum Gasteiger partial charge on any atom is -0.378 e. The number of halogens is 3. The average molecular weight is 255 g/mol. The lowest BCUT2D eigenvalue weighted by Crippen LogP contribution is -2.06. The zero-order valence-electron chi connectivity index (χ0n) is 9.70. The van der Waals surface area contributed by atoms with Gasteiger partial charge in [0.25, 0.3) is 0 Å². The number of alkyl halides is 3. The van der Waals surface area contributed by atoms with E-state index in [0.29, 0.717) is 12.1 Å². The van der Waals surface area contributed by atoms with Gasteiger partial charge < -0.3 is 5.32 Å². The van der Waals surface area contributed by atoms with Crippen molar-refractivity contribution in [1.29, 1.82) is 0 Å². The highest BCUT2D eigenvalue weighted by Gasteiger charge is 2.30. The summed E-state index contributed by atoms with van der Waals surface area (Å²) in [5.74, 6) is 0. The van der Waals surface area contributed by atoms with Gasteiger partial charge in [0.05, 0.1) is 17.4 Å². The molecule has 0 bridgehead atoms. The number of aryl methyl sites for hydroxylation is 1. The Kier molecular flexibility index (Phi) is 3.27. The van der Waals surface area contributed by atoms with Gasteiger partial charge in [0.1, 0.15) is 0 Å². The molecule has 3 nitrogen and oxygen atoms in total. The number of benzene rings is 1. The number of anilines is 1. The first-order chi connectivity index (χ1) is 8.45. The fourth-order valence-corrected chi connectivity index (χ4v) is 1.57. The summed E-state index contributed by atoms with van der Waals surface area (Å²) in [7, 11) is 1.77. The summed E-state index contributed by atoms with van der Waals surface area (Å²) in [6, 6.07) is 5.26. The molecule has 2 rings (SSSR count). The maximum absolute atomic E-state index is 12.5. The van der Waals surface area contributed by atoms with Gasteiger partial charge in [-0.1, -0.05) is 12.1 Å². The molecule has 0 aliphatic rings. The van der Waals surface area contributed by atoms with Gasteiger partial charge in [-0.3, -0.25) is 4.68 Å². The fourth-order valence-electron chi connectivity index (χ4n) is 1.57. The second-order valence-corrected chi connectivity index (χ2v) is 3.95. The van der Waals surface area contributed by atoms with Crippen LogP contribution in [0.2, 0.25) is 0 Å². The molecule has 0 atom stereocenters. The van der Waals surface area contributed by atoms with Gasteiger partial charge in [0.15, 0.2) is 0 Å². The van der Waals surface area contributed by atoms with E-state index in [-0.39, 0.29) is 0 Å². The second-order valence-electron chi connectivity index (χ2n) is 3.95. The Morgan fingerprint density at radius 1 is 1.33 bits per heavy atom. The van der Waals surface area contributed by atoms with Crippen LogP contribution >= 0.6 is 0 Å². The molecule has 0 aliphatic heterocycles. The van der Waals surface area contributed by atoms with E-state index in [0.717, 1.165) is 17.8 Å². The Labute approximate surface area is 102 Å². The smallest absolute Gasteiger partial charge is 0.378 e. The molecule has 1 aromatic heterocycles. The zero-order chi connectivity index (χ0) is 13.2. The third-order valence-electron chi connectivity index (χ3n) is 2.46. The molecule has 0 aliphatic carbocycles. The van der Waals surface area contributed by atoms with Gasteiger partial charge in [0, 0.05) is 19.8 Å². The third-order valence-corrected chi connectivity index (χ3v) is 2.46. The van der Waals surface area contributed by atoms with Crippen molar-refractivity contribution < 1.29 is 13.2 Å². The highest BCUT2D eigenvalue weighted by atomic mass is 19.4. The first-order valence-electron chi connectivity index (χ1n) is 5.34. The molecule has 1 aromatic carbocycles. The second kappa shape index (κ2) is 4.72. The average Bonchev–Trinajstić information content (AvgIpc) is 2.72. The van der Waals surface area contributed by atoms with Crippen LogP contribution in [0.4, 0.5) is 18.9 Å². The van der Waals surface area contributed by atoms with E-state index in [2.05, 4.69) is 10.4 Å². The van der Waals surface area contributed by atoms with Crippen molar-refractivity contribution in [3.8, 4) is 0 Å². The summed E-state index contributed by atoms with van der Waals surface area (Å²) in [5, 5.41) is 6.97. The van der Waals surface area contributed by atoms with E-state index >= 15 is 0 Å². The molecular formula is C12H12F3N3. The molecule has 0 saturated heterocycles. The normalized spacial score (nSPS) is 11.6. The van der Waals surface area contributed by atoms with Crippen LogP contribution in [-0.4, -0.2) is 9.78 Å². The molecule has 6 heteroatoms. The molecule has 0 spiro atoms. The monoisotopic (exact) mass is 255 g/mol. The number of rotatable bonds is 3. The van der Waals surface area contributed by atoms with Gasteiger partial charge in [-0.05, 0) is 17.7 Å². The van der Waals surface area contributed by atoms with Gasteiger partial charge >= 0.3 is 6.18 Å². The standard InChI is InChI=1S/C12H12F3N3/c1-18-8-11(7-17-18)16-6-9-3-2-4-10(5-9)12(13,14)15/h2-5,7-8,16H,6H2,1H3. The van der Waals surface area contributed by atoms with E-state index in [4.69, 9.17) is 0 Å². The Bertz CT molecular complexity index is 531. The minimum atomic E-state index is -4.30. The topological polar surface area (TPSA) is 29.9 Å². The first kappa shape index (κ1) is 12.5.